The van der Waals surface area contributed by atoms with Gasteiger partial charge in [0.2, 0.25) is 0 Å². The van der Waals surface area contributed by atoms with Gasteiger partial charge in [-0.25, -0.2) is 0 Å². The lowest BCUT2D eigenvalue weighted by Crippen LogP contribution is -2.26. The predicted octanol–water partition coefficient (Wildman–Crippen LogP) is 6.70. The highest BCUT2D eigenvalue weighted by Crippen LogP contribution is 2.44. The maximum absolute atomic E-state index is 12.3. The molecule has 0 N–H and O–H groups in total. The number of aromatic nitrogens is 3. The van der Waals surface area contributed by atoms with Crippen LogP contribution in [0.25, 0.3) is 32.4 Å². The van der Waals surface area contributed by atoms with Crippen LogP contribution in [-0.4, -0.2) is 27.3 Å². The van der Waals surface area contributed by atoms with E-state index < -0.39 is 0 Å². The van der Waals surface area contributed by atoms with Gasteiger partial charge in [0.25, 0.3) is 5.56 Å². The summed E-state index contributed by atoms with van der Waals surface area (Å²) in [7, 11) is 1.80. The maximum Gasteiger partial charge on any atom is 0.253 e. The molecule has 1 aliphatic heterocycles. The summed E-state index contributed by atoms with van der Waals surface area (Å²) < 4.78 is 12.2. The monoisotopic (exact) mass is 547 g/mol. The average molecular weight is 549 g/mol. The fourth-order valence-corrected chi connectivity index (χ4v) is 7.03. The second kappa shape index (κ2) is 9.04. The Bertz CT molecular complexity index is 1570. The number of benzene rings is 1. The molecular formula is C28H26BrN3O2S. The predicted molar refractivity (Wildman–Crippen MR) is 146 cm³/mol. The number of aryl methyl sites for hydroxylation is 2. The lowest BCUT2D eigenvalue weighted by molar-refractivity contribution is 0.0553. The number of pyridine rings is 2. The Morgan fingerprint density at radius 2 is 1.86 bits per heavy atom. The molecule has 0 spiro atoms. The highest BCUT2D eigenvalue weighted by molar-refractivity contribution is 9.11. The summed E-state index contributed by atoms with van der Waals surface area (Å²) in [4.78, 5) is 17.3. The Kier molecular flexibility index (Phi) is 5.87. The number of halogens is 1. The molecule has 0 saturated carbocycles. The number of fused-ring (bicyclic) bond motifs is 3. The van der Waals surface area contributed by atoms with E-state index in [1.165, 1.54) is 15.8 Å². The molecule has 0 amide bonds. The van der Waals surface area contributed by atoms with E-state index in [9.17, 15) is 4.79 Å². The van der Waals surface area contributed by atoms with Crippen molar-refractivity contribution in [2.75, 3.05) is 13.2 Å². The summed E-state index contributed by atoms with van der Waals surface area (Å²) >= 11 is 5.46. The first kappa shape index (κ1) is 22.7. The van der Waals surface area contributed by atoms with Crippen LogP contribution in [0.1, 0.15) is 30.0 Å². The van der Waals surface area contributed by atoms with Crippen molar-refractivity contribution in [3.8, 4) is 11.1 Å². The summed E-state index contributed by atoms with van der Waals surface area (Å²) in [6.07, 6.45) is 5.89. The topological polar surface area (TPSA) is 49.0 Å². The van der Waals surface area contributed by atoms with Gasteiger partial charge in [0.15, 0.2) is 0 Å². The van der Waals surface area contributed by atoms with E-state index in [2.05, 4.69) is 63.0 Å². The van der Waals surface area contributed by atoms with Crippen molar-refractivity contribution in [1.82, 2.24) is 14.1 Å². The molecule has 5 aromatic rings. The Morgan fingerprint density at radius 3 is 2.60 bits per heavy atom. The number of ether oxygens (including phenoxy) is 1. The summed E-state index contributed by atoms with van der Waals surface area (Å²) in [6.45, 7) is 3.46. The number of thiophene rings is 1. The molecule has 5 heterocycles. The standard InChI is InChI=1S/C28H26BrN3O2S/c1-17-12-21(16-31(2)28(17)33)20-13-22-25(30-15-20)27-23(14-24(29)35-27)32(22)26(18-6-4-3-5-7-18)19-8-10-34-11-9-19/h3-7,12-16,19,26H,8-11H2,1-2H3. The van der Waals surface area contributed by atoms with Crippen molar-refractivity contribution in [2.24, 2.45) is 13.0 Å². The Balaban J connectivity index is 1.63. The molecule has 5 nitrogen and oxygen atoms in total. The fourth-order valence-electron chi connectivity index (χ4n) is 5.45. The van der Waals surface area contributed by atoms with Crippen molar-refractivity contribution < 1.29 is 4.74 Å². The molecule has 7 heteroatoms. The van der Waals surface area contributed by atoms with E-state index in [0.717, 1.165) is 57.6 Å². The highest BCUT2D eigenvalue weighted by Gasteiger charge is 2.30. The van der Waals surface area contributed by atoms with E-state index in [0.29, 0.717) is 5.92 Å². The minimum atomic E-state index is 0.0279. The van der Waals surface area contributed by atoms with Crippen LogP contribution >= 0.6 is 27.3 Å². The van der Waals surface area contributed by atoms with Crippen LogP contribution in [0.4, 0.5) is 0 Å². The van der Waals surface area contributed by atoms with Crippen LogP contribution in [0.2, 0.25) is 0 Å². The number of hydrogen-bond acceptors (Lipinski definition) is 4. The minimum Gasteiger partial charge on any atom is -0.381 e. The van der Waals surface area contributed by atoms with Crippen LogP contribution in [-0.2, 0) is 11.8 Å². The van der Waals surface area contributed by atoms with Gasteiger partial charge in [-0.15, -0.1) is 11.3 Å². The van der Waals surface area contributed by atoms with Gasteiger partial charge in [0.1, 0.15) is 5.52 Å². The molecule has 1 atom stereocenters. The third-order valence-electron chi connectivity index (χ3n) is 7.11. The zero-order valence-corrected chi connectivity index (χ0v) is 22.1. The van der Waals surface area contributed by atoms with Gasteiger partial charge in [-0.05, 0) is 65.4 Å². The molecule has 35 heavy (non-hydrogen) atoms. The van der Waals surface area contributed by atoms with Gasteiger partial charge < -0.3 is 13.9 Å². The van der Waals surface area contributed by atoms with Crippen LogP contribution in [0.3, 0.4) is 0 Å². The van der Waals surface area contributed by atoms with Gasteiger partial charge in [-0.3, -0.25) is 9.78 Å². The van der Waals surface area contributed by atoms with Crippen LogP contribution in [0.5, 0.6) is 0 Å². The Labute approximate surface area is 216 Å². The number of rotatable bonds is 4. The third kappa shape index (κ3) is 3.96. The van der Waals surface area contributed by atoms with Crippen LogP contribution in [0.15, 0.2) is 69.5 Å². The van der Waals surface area contributed by atoms with Gasteiger partial charge >= 0.3 is 0 Å². The summed E-state index contributed by atoms with van der Waals surface area (Å²) in [5.41, 5.74) is 7.44. The number of hydrogen-bond donors (Lipinski definition) is 0. The molecule has 0 radical (unpaired) electrons. The van der Waals surface area contributed by atoms with Crippen LogP contribution < -0.4 is 5.56 Å². The van der Waals surface area contributed by atoms with Crippen LogP contribution in [0, 0.1) is 12.8 Å². The van der Waals surface area contributed by atoms with Crippen molar-refractivity contribution in [3.05, 3.63) is 86.2 Å². The van der Waals surface area contributed by atoms with Crippen molar-refractivity contribution in [3.63, 3.8) is 0 Å². The lowest BCUT2D eigenvalue weighted by Gasteiger charge is -2.33. The highest BCUT2D eigenvalue weighted by atomic mass is 79.9. The Morgan fingerprint density at radius 1 is 1.09 bits per heavy atom. The van der Waals surface area contributed by atoms with E-state index in [1.54, 1.807) is 23.0 Å². The minimum absolute atomic E-state index is 0.0279. The molecular weight excluding hydrogens is 522 g/mol. The Hall–Kier alpha value is -2.74. The molecule has 1 aromatic carbocycles. The first-order chi connectivity index (χ1) is 17.0. The van der Waals surface area contributed by atoms with E-state index in [-0.39, 0.29) is 11.6 Å². The van der Waals surface area contributed by atoms with E-state index in [4.69, 9.17) is 9.72 Å². The fraction of sp³-hybridized carbons (Fsp3) is 0.286. The van der Waals surface area contributed by atoms with E-state index >= 15 is 0 Å². The maximum atomic E-state index is 12.3. The number of nitrogens with zero attached hydrogens (tertiary/aromatic N) is 3. The summed E-state index contributed by atoms with van der Waals surface area (Å²) in [5.74, 6) is 0.465. The van der Waals surface area contributed by atoms with Crippen molar-refractivity contribution in [1.29, 1.82) is 0 Å². The van der Waals surface area contributed by atoms with Crippen molar-refractivity contribution in [2.45, 2.75) is 25.8 Å². The quantitative estimate of drug-likeness (QED) is 0.251. The third-order valence-corrected chi connectivity index (χ3v) is 8.75. The molecule has 178 valence electrons. The molecule has 6 rings (SSSR count). The first-order valence-electron chi connectivity index (χ1n) is 11.9. The largest absolute Gasteiger partial charge is 0.381 e. The lowest BCUT2D eigenvalue weighted by atomic mass is 9.86. The second-order valence-corrected chi connectivity index (χ2v) is 11.8. The van der Waals surface area contributed by atoms with E-state index in [1.807, 2.05) is 25.4 Å². The molecule has 4 aromatic heterocycles. The SMILES string of the molecule is Cc1cc(-c2cnc3c4sc(Br)cc4n(C(c4ccccc4)C4CCOCC4)c3c2)cn(C)c1=O. The molecule has 1 saturated heterocycles. The normalized spacial score (nSPS) is 15.7. The molecule has 0 aliphatic carbocycles. The molecule has 1 aliphatic rings. The zero-order chi connectivity index (χ0) is 24.1. The summed E-state index contributed by atoms with van der Waals surface area (Å²) in [5, 5.41) is 0. The van der Waals surface area contributed by atoms with Gasteiger partial charge in [-0.1, -0.05) is 30.3 Å². The zero-order valence-electron chi connectivity index (χ0n) is 19.7. The molecule has 1 fully saturated rings. The second-order valence-electron chi connectivity index (χ2n) is 9.36. The molecule has 0 bridgehead atoms. The average Bonchev–Trinajstić information content (AvgIpc) is 3.39. The smallest absolute Gasteiger partial charge is 0.253 e. The van der Waals surface area contributed by atoms with Crippen molar-refractivity contribution >= 4 is 48.5 Å². The van der Waals surface area contributed by atoms with Gasteiger partial charge in [0, 0.05) is 49.3 Å². The van der Waals surface area contributed by atoms with Gasteiger partial charge in [-0.2, -0.15) is 0 Å². The first-order valence-corrected chi connectivity index (χ1v) is 13.5. The van der Waals surface area contributed by atoms with Gasteiger partial charge in [0.05, 0.1) is 25.6 Å². The molecule has 1 unspecified atom stereocenters. The summed E-state index contributed by atoms with van der Waals surface area (Å²) in [6, 6.07) is 17.4.